The van der Waals surface area contributed by atoms with E-state index in [0.717, 1.165) is 36.1 Å². The van der Waals surface area contributed by atoms with E-state index < -0.39 is 0 Å². The Kier molecular flexibility index (Phi) is 4.24. The summed E-state index contributed by atoms with van der Waals surface area (Å²) in [5, 5.41) is 6.55. The van der Waals surface area contributed by atoms with Gasteiger partial charge in [0, 0.05) is 23.3 Å². The number of carbonyl (C=O) groups excluding carboxylic acids is 1. The van der Waals surface area contributed by atoms with Gasteiger partial charge in [-0.2, -0.15) is 0 Å². The zero-order valence-electron chi connectivity index (χ0n) is 14.3. The molecule has 2 N–H and O–H groups in total. The third kappa shape index (κ3) is 3.28. The highest BCUT2D eigenvalue weighted by atomic mass is 16.1. The Morgan fingerprint density at radius 3 is 2.80 bits per heavy atom. The lowest BCUT2D eigenvalue weighted by Gasteiger charge is -2.28. The van der Waals surface area contributed by atoms with Crippen LogP contribution in [-0.2, 0) is 0 Å². The summed E-state index contributed by atoms with van der Waals surface area (Å²) in [5.41, 5.74) is 3.72. The molecule has 0 aliphatic carbocycles. The Hall–Kier alpha value is -2.66. The quantitative estimate of drug-likeness (QED) is 0.774. The predicted molar refractivity (Wildman–Crippen MR) is 99.0 cm³/mol. The van der Waals surface area contributed by atoms with Gasteiger partial charge in [-0.05, 0) is 62.7 Å². The minimum absolute atomic E-state index is 0.00105. The van der Waals surface area contributed by atoms with E-state index in [0.29, 0.717) is 11.6 Å². The summed E-state index contributed by atoms with van der Waals surface area (Å²) in [6.45, 7) is 3.11. The molecule has 2 aromatic carbocycles. The molecular formula is C20H22N4O. The van der Waals surface area contributed by atoms with Crippen molar-refractivity contribution in [1.29, 1.82) is 0 Å². The Morgan fingerprint density at radius 1 is 1.20 bits per heavy atom. The van der Waals surface area contributed by atoms with Crippen molar-refractivity contribution in [1.82, 2.24) is 20.2 Å². The largest absolute Gasteiger partial charge is 0.349 e. The smallest absolute Gasteiger partial charge is 0.251 e. The average molecular weight is 334 g/mol. The lowest BCUT2D eigenvalue weighted by Crippen LogP contribution is -2.46. The number of nitrogens with zero attached hydrogens (tertiary/aromatic N) is 2. The Bertz CT molecular complexity index is 884. The predicted octanol–water partition coefficient (Wildman–Crippen LogP) is 2.90. The molecule has 4 rings (SSSR count). The van der Waals surface area contributed by atoms with Crippen LogP contribution in [0.5, 0.6) is 0 Å². The third-order valence-corrected chi connectivity index (χ3v) is 4.82. The molecule has 25 heavy (non-hydrogen) atoms. The van der Waals surface area contributed by atoms with Crippen LogP contribution in [-0.4, -0.2) is 34.1 Å². The van der Waals surface area contributed by atoms with Gasteiger partial charge in [-0.1, -0.05) is 12.1 Å². The minimum Gasteiger partial charge on any atom is -0.349 e. The molecule has 5 heteroatoms. The Labute approximate surface area is 147 Å². The van der Waals surface area contributed by atoms with Crippen LogP contribution in [0.1, 0.15) is 30.1 Å². The molecule has 5 nitrogen and oxygen atoms in total. The van der Waals surface area contributed by atoms with E-state index in [1.54, 1.807) is 0 Å². The van der Waals surface area contributed by atoms with Crippen molar-refractivity contribution in [2.24, 2.45) is 0 Å². The van der Waals surface area contributed by atoms with Gasteiger partial charge in [0.15, 0.2) is 0 Å². The number of carbonyl (C=O) groups is 1. The van der Waals surface area contributed by atoms with Crippen LogP contribution in [0.25, 0.3) is 16.7 Å². The first-order chi connectivity index (χ1) is 12.2. The number of rotatable bonds is 3. The number of amides is 1. The van der Waals surface area contributed by atoms with E-state index in [1.807, 2.05) is 59.4 Å². The number of fused-ring (bicyclic) bond motifs is 1. The fraction of sp³-hybridized carbons (Fsp3) is 0.300. The van der Waals surface area contributed by atoms with Crippen molar-refractivity contribution in [2.45, 2.75) is 31.8 Å². The van der Waals surface area contributed by atoms with Crippen LogP contribution in [0, 0.1) is 0 Å². The molecular weight excluding hydrogens is 312 g/mol. The van der Waals surface area contributed by atoms with Crippen LogP contribution in [0.4, 0.5) is 0 Å². The third-order valence-electron chi connectivity index (χ3n) is 4.82. The Balaban J connectivity index is 1.51. The van der Waals surface area contributed by atoms with E-state index in [4.69, 9.17) is 0 Å². The molecule has 0 radical (unpaired) electrons. The van der Waals surface area contributed by atoms with Crippen molar-refractivity contribution in [3.8, 4) is 5.69 Å². The van der Waals surface area contributed by atoms with Gasteiger partial charge in [0.2, 0.25) is 0 Å². The van der Waals surface area contributed by atoms with E-state index in [1.165, 1.54) is 0 Å². The molecule has 0 saturated carbocycles. The highest BCUT2D eigenvalue weighted by Crippen LogP contribution is 2.18. The van der Waals surface area contributed by atoms with Crippen LogP contribution >= 0.6 is 0 Å². The maximum absolute atomic E-state index is 12.5. The zero-order valence-corrected chi connectivity index (χ0v) is 14.3. The average Bonchev–Trinajstić information content (AvgIpc) is 3.06. The molecule has 1 fully saturated rings. The maximum Gasteiger partial charge on any atom is 0.251 e. The summed E-state index contributed by atoms with van der Waals surface area (Å²) < 4.78 is 2.03. The van der Waals surface area contributed by atoms with Crippen molar-refractivity contribution in [3.63, 3.8) is 0 Å². The molecule has 2 unspecified atom stereocenters. The van der Waals surface area contributed by atoms with Crippen LogP contribution < -0.4 is 10.6 Å². The summed E-state index contributed by atoms with van der Waals surface area (Å²) in [5.74, 6) is 0.00105. The number of hydrogen-bond donors (Lipinski definition) is 2. The molecule has 1 aliphatic heterocycles. The van der Waals surface area contributed by atoms with Gasteiger partial charge in [-0.25, -0.2) is 4.98 Å². The van der Waals surface area contributed by atoms with Crippen LogP contribution in [0.2, 0.25) is 0 Å². The first kappa shape index (κ1) is 15.8. The molecule has 2 heterocycles. The van der Waals surface area contributed by atoms with Gasteiger partial charge in [0.1, 0.15) is 6.33 Å². The number of nitrogens with one attached hydrogen (secondary N) is 2. The SMILES string of the molecule is CC1CC(NC(=O)c2ccc(-n3cnc4ccccc43)cc2)CCN1. The molecule has 1 aliphatic rings. The number of imidazole rings is 1. The summed E-state index contributed by atoms with van der Waals surface area (Å²) in [7, 11) is 0. The topological polar surface area (TPSA) is 59.0 Å². The summed E-state index contributed by atoms with van der Waals surface area (Å²) >= 11 is 0. The number of piperidine rings is 1. The fourth-order valence-electron chi connectivity index (χ4n) is 3.47. The monoisotopic (exact) mass is 334 g/mol. The number of aromatic nitrogens is 2. The van der Waals surface area contributed by atoms with Crippen LogP contribution in [0.3, 0.4) is 0 Å². The van der Waals surface area contributed by atoms with Gasteiger partial charge in [-0.15, -0.1) is 0 Å². The van der Waals surface area contributed by atoms with Crippen LogP contribution in [0.15, 0.2) is 54.9 Å². The second-order valence-corrected chi connectivity index (χ2v) is 6.70. The van der Waals surface area contributed by atoms with Crippen molar-refractivity contribution >= 4 is 16.9 Å². The van der Waals surface area contributed by atoms with Crippen molar-refractivity contribution < 1.29 is 4.79 Å². The summed E-state index contributed by atoms with van der Waals surface area (Å²) in [6, 6.07) is 16.4. The molecule has 1 saturated heterocycles. The van der Waals surface area contributed by atoms with Gasteiger partial charge < -0.3 is 10.6 Å². The second-order valence-electron chi connectivity index (χ2n) is 6.70. The van der Waals surface area contributed by atoms with E-state index in [2.05, 4.69) is 22.5 Å². The molecule has 128 valence electrons. The molecule has 1 aromatic heterocycles. The van der Waals surface area contributed by atoms with Crippen molar-refractivity contribution in [2.75, 3.05) is 6.54 Å². The van der Waals surface area contributed by atoms with Gasteiger partial charge in [0.05, 0.1) is 11.0 Å². The first-order valence-electron chi connectivity index (χ1n) is 8.77. The van der Waals surface area contributed by atoms with Crippen molar-refractivity contribution in [3.05, 3.63) is 60.4 Å². The number of hydrogen-bond acceptors (Lipinski definition) is 3. The molecule has 3 aromatic rings. The highest BCUT2D eigenvalue weighted by molar-refractivity contribution is 5.94. The van der Waals surface area contributed by atoms with Gasteiger partial charge >= 0.3 is 0 Å². The standard InChI is InChI=1S/C20H22N4O/c1-14-12-16(10-11-21-14)23-20(25)15-6-8-17(9-7-15)24-13-22-18-4-2-3-5-19(18)24/h2-9,13-14,16,21H,10-12H2,1H3,(H,23,25). The van der Waals surface area contributed by atoms with Gasteiger partial charge in [-0.3, -0.25) is 9.36 Å². The lowest BCUT2D eigenvalue weighted by atomic mass is 10.0. The fourth-order valence-corrected chi connectivity index (χ4v) is 3.47. The first-order valence-corrected chi connectivity index (χ1v) is 8.77. The maximum atomic E-state index is 12.5. The summed E-state index contributed by atoms with van der Waals surface area (Å²) in [4.78, 5) is 16.9. The van der Waals surface area contributed by atoms with E-state index in [-0.39, 0.29) is 11.9 Å². The number of para-hydroxylation sites is 2. The molecule has 0 spiro atoms. The van der Waals surface area contributed by atoms with E-state index in [9.17, 15) is 4.79 Å². The molecule has 1 amide bonds. The summed E-state index contributed by atoms with van der Waals surface area (Å²) in [6.07, 6.45) is 3.77. The van der Waals surface area contributed by atoms with Gasteiger partial charge in [0.25, 0.3) is 5.91 Å². The number of benzene rings is 2. The molecule has 2 atom stereocenters. The Morgan fingerprint density at radius 2 is 2.00 bits per heavy atom. The molecule has 0 bridgehead atoms. The minimum atomic E-state index is 0.00105. The van der Waals surface area contributed by atoms with E-state index >= 15 is 0 Å². The second kappa shape index (κ2) is 6.69. The zero-order chi connectivity index (χ0) is 17.2. The lowest BCUT2D eigenvalue weighted by molar-refractivity contribution is 0.0925. The highest BCUT2D eigenvalue weighted by Gasteiger charge is 2.20. The normalized spacial score (nSPS) is 20.5.